The number of ether oxygens (including phenoxy) is 1. The van der Waals surface area contributed by atoms with Crippen molar-refractivity contribution in [2.45, 2.75) is 65.4 Å². The maximum Gasteiger partial charge on any atom is 0.111 e. The number of allylic oxidation sites excluding steroid dienone is 2. The van der Waals surface area contributed by atoms with Crippen molar-refractivity contribution in [1.82, 2.24) is 4.90 Å². The van der Waals surface area contributed by atoms with E-state index in [1.165, 1.54) is 51.1 Å². The van der Waals surface area contributed by atoms with Crippen LogP contribution in [0.3, 0.4) is 0 Å². The van der Waals surface area contributed by atoms with E-state index in [4.69, 9.17) is 4.74 Å². The highest BCUT2D eigenvalue weighted by molar-refractivity contribution is 5.16. The minimum absolute atomic E-state index is 0.176. The Morgan fingerprint density at radius 3 is 2.33 bits per heavy atom. The number of likely N-dealkylation sites (tertiary alicyclic amines) is 1. The van der Waals surface area contributed by atoms with Gasteiger partial charge in [-0.05, 0) is 43.7 Å². The Hall–Kier alpha value is -0.500. The van der Waals surface area contributed by atoms with Crippen molar-refractivity contribution in [3.8, 4) is 0 Å². The SMILES string of the molecule is CCC1=C(C(C)C)CCC2(CCN(CC)CC2)O1. The lowest BCUT2D eigenvalue weighted by atomic mass is 9.80. The number of rotatable bonds is 3. The van der Waals surface area contributed by atoms with Gasteiger partial charge in [-0.2, -0.15) is 0 Å². The largest absolute Gasteiger partial charge is 0.492 e. The van der Waals surface area contributed by atoms with Gasteiger partial charge in [0.1, 0.15) is 5.60 Å². The zero-order chi connectivity index (χ0) is 13.2. The summed E-state index contributed by atoms with van der Waals surface area (Å²) in [5.74, 6) is 1.95. The van der Waals surface area contributed by atoms with Gasteiger partial charge < -0.3 is 9.64 Å². The topological polar surface area (TPSA) is 12.5 Å². The van der Waals surface area contributed by atoms with E-state index in [0.29, 0.717) is 5.92 Å². The second-order valence-corrected chi connectivity index (χ2v) is 6.18. The van der Waals surface area contributed by atoms with Gasteiger partial charge in [0, 0.05) is 19.5 Å². The summed E-state index contributed by atoms with van der Waals surface area (Å²) in [7, 11) is 0. The average Bonchev–Trinajstić information content (AvgIpc) is 2.39. The highest BCUT2D eigenvalue weighted by Crippen LogP contribution is 2.41. The molecular formula is C16H29NO. The van der Waals surface area contributed by atoms with Gasteiger partial charge in [0.15, 0.2) is 0 Å². The van der Waals surface area contributed by atoms with Gasteiger partial charge in [-0.25, -0.2) is 0 Å². The molecule has 0 aliphatic carbocycles. The van der Waals surface area contributed by atoms with Gasteiger partial charge in [0.05, 0.1) is 5.76 Å². The minimum atomic E-state index is 0.176. The molecule has 0 aromatic rings. The van der Waals surface area contributed by atoms with E-state index in [1.807, 2.05) is 0 Å². The van der Waals surface area contributed by atoms with Gasteiger partial charge in [0.25, 0.3) is 0 Å². The maximum atomic E-state index is 6.48. The van der Waals surface area contributed by atoms with Crippen molar-refractivity contribution < 1.29 is 4.74 Å². The molecule has 0 radical (unpaired) electrons. The molecule has 0 aromatic heterocycles. The summed E-state index contributed by atoms with van der Waals surface area (Å²) < 4.78 is 6.48. The summed E-state index contributed by atoms with van der Waals surface area (Å²) in [6.07, 6.45) is 5.99. The van der Waals surface area contributed by atoms with E-state index in [0.717, 1.165) is 6.42 Å². The van der Waals surface area contributed by atoms with Crippen LogP contribution >= 0.6 is 0 Å². The van der Waals surface area contributed by atoms with Crippen LogP contribution in [0.15, 0.2) is 11.3 Å². The van der Waals surface area contributed by atoms with Crippen LogP contribution in [-0.2, 0) is 4.74 Å². The Morgan fingerprint density at radius 2 is 1.83 bits per heavy atom. The number of hydrogen-bond donors (Lipinski definition) is 0. The predicted octanol–water partition coefficient (Wildman–Crippen LogP) is 3.97. The third-order valence-electron chi connectivity index (χ3n) is 4.78. The molecule has 0 N–H and O–H groups in total. The second-order valence-electron chi connectivity index (χ2n) is 6.18. The van der Waals surface area contributed by atoms with Crippen LogP contribution in [0, 0.1) is 5.92 Å². The highest BCUT2D eigenvalue weighted by atomic mass is 16.5. The first-order valence-corrected chi connectivity index (χ1v) is 7.73. The fraction of sp³-hybridized carbons (Fsp3) is 0.875. The monoisotopic (exact) mass is 251 g/mol. The summed E-state index contributed by atoms with van der Waals surface area (Å²) in [5.41, 5.74) is 1.75. The van der Waals surface area contributed by atoms with Crippen molar-refractivity contribution in [3.05, 3.63) is 11.3 Å². The Morgan fingerprint density at radius 1 is 1.17 bits per heavy atom. The molecule has 0 bridgehead atoms. The molecule has 0 aromatic carbocycles. The standard InChI is InChI=1S/C16H29NO/c1-5-15-14(13(3)4)7-8-16(18-15)9-11-17(6-2)12-10-16/h13H,5-12H2,1-4H3. The van der Waals surface area contributed by atoms with E-state index in [1.54, 1.807) is 5.57 Å². The molecule has 1 fully saturated rings. The maximum absolute atomic E-state index is 6.48. The lowest BCUT2D eigenvalue weighted by Gasteiger charge is -2.45. The minimum Gasteiger partial charge on any atom is -0.492 e. The second kappa shape index (κ2) is 5.64. The Labute approximate surface area is 112 Å². The van der Waals surface area contributed by atoms with Crippen LogP contribution in [0.25, 0.3) is 0 Å². The molecular weight excluding hydrogens is 222 g/mol. The Kier molecular flexibility index (Phi) is 4.37. The molecule has 0 amide bonds. The van der Waals surface area contributed by atoms with Crippen molar-refractivity contribution in [1.29, 1.82) is 0 Å². The van der Waals surface area contributed by atoms with Gasteiger partial charge in [-0.15, -0.1) is 0 Å². The zero-order valence-electron chi connectivity index (χ0n) is 12.6. The molecule has 1 saturated heterocycles. The summed E-state index contributed by atoms with van der Waals surface area (Å²) in [6.45, 7) is 12.7. The summed E-state index contributed by atoms with van der Waals surface area (Å²) in [6, 6.07) is 0. The molecule has 1 spiro atoms. The Bertz CT molecular complexity index is 311. The quantitative estimate of drug-likeness (QED) is 0.752. The van der Waals surface area contributed by atoms with Crippen molar-refractivity contribution in [2.75, 3.05) is 19.6 Å². The first-order valence-electron chi connectivity index (χ1n) is 7.73. The van der Waals surface area contributed by atoms with E-state index in [-0.39, 0.29) is 5.60 Å². The van der Waals surface area contributed by atoms with Crippen molar-refractivity contribution >= 4 is 0 Å². The summed E-state index contributed by atoms with van der Waals surface area (Å²) in [4.78, 5) is 2.54. The van der Waals surface area contributed by atoms with E-state index in [9.17, 15) is 0 Å². The first kappa shape index (κ1) is 13.9. The fourth-order valence-electron chi connectivity index (χ4n) is 3.42. The third kappa shape index (κ3) is 2.74. The molecule has 18 heavy (non-hydrogen) atoms. The lowest BCUT2D eigenvalue weighted by molar-refractivity contribution is -0.0670. The first-order chi connectivity index (χ1) is 8.60. The molecule has 2 aliphatic rings. The average molecular weight is 251 g/mol. The van der Waals surface area contributed by atoms with E-state index >= 15 is 0 Å². The molecule has 2 heterocycles. The van der Waals surface area contributed by atoms with Crippen molar-refractivity contribution in [3.63, 3.8) is 0 Å². The van der Waals surface area contributed by atoms with Crippen LogP contribution in [0.4, 0.5) is 0 Å². The fourth-order valence-corrected chi connectivity index (χ4v) is 3.42. The van der Waals surface area contributed by atoms with E-state index < -0.39 is 0 Å². The van der Waals surface area contributed by atoms with Crippen LogP contribution in [0.1, 0.15) is 59.8 Å². The molecule has 0 saturated carbocycles. The smallest absolute Gasteiger partial charge is 0.111 e. The molecule has 2 aliphatic heterocycles. The van der Waals surface area contributed by atoms with Crippen LogP contribution < -0.4 is 0 Å². The lowest BCUT2D eigenvalue weighted by Crippen LogP contribution is -2.47. The van der Waals surface area contributed by atoms with Crippen LogP contribution in [0.5, 0.6) is 0 Å². The van der Waals surface area contributed by atoms with Crippen molar-refractivity contribution in [2.24, 2.45) is 5.92 Å². The normalized spacial score (nSPS) is 24.7. The predicted molar refractivity (Wildman–Crippen MR) is 76.6 cm³/mol. The molecule has 2 nitrogen and oxygen atoms in total. The van der Waals surface area contributed by atoms with Crippen LogP contribution in [0.2, 0.25) is 0 Å². The highest BCUT2D eigenvalue weighted by Gasteiger charge is 2.39. The Balaban J connectivity index is 2.07. The number of nitrogens with zero attached hydrogens (tertiary/aromatic N) is 1. The van der Waals surface area contributed by atoms with Gasteiger partial charge >= 0.3 is 0 Å². The van der Waals surface area contributed by atoms with Gasteiger partial charge in [0.2, 0.25) is 0 Å². The van der Waals surface area contributed by atoms with Gasteiger partial charge in [-0.3, -0.25) is 0 Å². The van der Waals surface area contributed by atoms with Crippen LogP contribution in [-0.4, -0.2) is 30.1 Å². The zero-order valence-corrected chi connectivity index (χ0v) is 12.6. The molecule has 104 valence electrons. The third-order valence-corrected chi connectivity index (χ3v) is 4.78. The molecule has 2 heteroatoms. The number of piperidine rings is 1. The molecule has 2 rings (SSSR count). The number of hydrogen-bond acceptors (Lipinski definition) is 2. The molecule has 0 atom stereocenters. The molecule has 0 unspecified atom stereocenters. The summed E-state index contributed by atoms with van der Waals surface area (Å²) in [5, 5.41) is 0. The van der Waals surface area contributed by atoms with Gasteiger partial charge in [-0.1, -0.05) is 27.7 Å². The summed E-state index contributed by atoms with van der Waals surface area (Å²) >= 11 is 0. The van der Waals surface area contributed by atoms with E-state index in [2.05, 4.69) is 32.6 Å².